The van der Waals surface area contributed by atoms with Crippen molar-refractivity contribution in [2.45, 2.75) is 39.2 Å². The Kier molecular flexibility index (Phi) is 2.37. The van der Waals surface area contributed by atoms with Crippen molar-refractivity contribution in [2.24, 2.45) is 5.92 Å². The number of hydrogen-bond acceptors (Lipinski definition) is 2. The predicted molar refractivity (Wildman–Crippen MR) is 66.0 cm³/mol. The molecule has 0 aliphatic heterocycles. The molecule has 0 radical (unpaired) electrons. The van der Waals surface area contributed by atoms with Gasteiger partial charge in [0.05, 0.1) is 11.4 Å². The van der Waals surface area contributed by atoms with Crippen molar-refractivity contribution in [3.8, 4) is 0 Å². The van der Waals surface area contributed by atoms with E-state index in [0.717, 1.165) is 22.9 Å². The lowest BCUT2D eigenvalue weighted by Crippen LogP contribution is -2.33. The molecule has 1 aliphatic rings. The van der Waals surface area contributed by atoms with Gasteiger partial charge >= 0.3 is 0 Å². The molecule has 0 spiro atoms. The molecule has 0 atom stereocenters. The van der Waals surface area contributed by atoms with E-state index >= 15 is 0 Å². The van der Waals surface area contributed by atoms with Gasteiger partial charge in [-0.05, 0) is 51.2 Å². The number of nitrogens with two attached hydrogens (primary N) is 1. The standard InChI is InChI=1S/C13H20N2/c1-9-5-4-6-11(12(9)14)15-13(2,3)10-7-8-10/h4-6,10,15H,7-8,14H2,1-3H3. The Morgan fingerprint density at radius 2 is 2.00 bits per heavy atom. The third-order valence-electron chi connectivity index (χ3n) is 3.38. The van der Waals surface area contributed by atoms with Gasteiger partial charge in [-0.1, -0.05) is 12.1 Å². The van der Waals surface area contributed by atoms with Crippen LogP contribution in [0.3, 0.4) is 0 Å². The zero-order chi connectivity index (χ0) is 11.1. The summed E-state index contributed by atoms with van der Waals surface area (Å²) in [6.45, 7) is 6.56. The number of para-hydroxylation sites is 1. The van der Waals surface area contributed by atoms with Gasteiger partial charge in [-0.2, -0.15) is 0 Å². The number of anilines is 2. The highest BCUT2D eigenvalue weighted by atomic mass is 15.0. The fraction of sp³-hybridized carbons (Fsp3) is 0.538. The van der Waals surface area contributed by atoms with E-state index in [2.05, 4.69) is 31.3 Å². The number of rotatable bonds is 3. The summed E-state index contributed by atoms with van der Waals surface area (Å²) in [7, 11) is 0. The molecule has 0 unspecified atom stereocenters. The van der Waals surface area contributed by atoms with Crippen LogP contribution >= 0.6 is 0 Å². The second kappa shape index (κ2) is 3.44. The molecule has 0 heterocycles. The van der Waals surface area contributed by atoms with Crippen molar-refractivity contribution >= 4 is 11.4 Å². The first-order chi connectivity index (χ1) is 7.00. The third kappa shape index (κ3) is 2.09. The van der Waals surface area contributed by atoms with Gasteiger partial charge in [-0.15, -0.1) is 0 Å². The Labute approximate surface area is 91.9 Å². The SMILES string of the molecule is Cc1cccc(NC(C)(C)C2CC2)c1N. The molecular weight excluding hydrogens is 184 g/mol. The van der Waals surface area contributed by atoms with Crippen LogP contribution in [0.2, 0.25) is 0 Å². The van der Waals surface area contributed by atoms with Crippen molar-refractivity contribution in [3.05, 3.63) is 23.8 Å². The fourth-order valence-corrected chi connectivity index (χ4v) is 2.04. The van der Waals surface area contributed by atoms with E-state index < -0.39 is 0 Å². The average Bonchev–Trinajstić information content (AvgIpc) is 2.95. The number of nitrogen functional groups attached to an aromatic ring is 1. The van der Waals surface area contributed by atoms with Gasteiger partial charge < -0.3 is 11.1 Å². The Morgan fingerprint density at radius 3 is 2.60 bits per heavy atom. The highest BCUT2D eigenvalue weighted by Gasteiger charge is 2.37. The Bertz CT molecular complexity index is 365. The summed E-state index contributed by atoms with van der Waals surface area (Å²) in [6.07, 6.45) is 2.68. The maximum absolute atomic E-state index is 6.05. The van der Waals surface area contributed by atoms with Gasteiger partial charge in [0, 0.05) is 5.54 Å². The topological polar surface area (TPSA) is 38.0 Å². The molecule has 0 amide bonds. The van der Waals surface area contributed by atoms with Crippen LogP contribution in [-0.4, -0.2) is 5.54 Å². The summed E-state index contributed by atoms with van der Waals surface area (Å²) in [5.41, 5.74) is 9.32. The summed E-state index contributed by atoms with van der Waals surface area (Å²) >= 11 is 0. The Balaban J connectivity index is 2.20. The minimum Gasteiger partial charge on any atom is -0.397 e. The molecule has 3 N–H and O–H groups in total. The highest BCUT2D eigenvalue weighted by molar-refractivity contribution is 5.70. The van der Waals surface area contributed by atoms with Crippen LogP contribution in [0.4, 0.5) is 11.4 Å². The number of aryl methyl sites for hydroxylation is 1. The molecule has 2 rings (SSSR count). The van der Waals surface area contributed by atoms with Crippen LogP contribution in [0.15, 0.2) is 18.2 Å². The number of nitrogens with one attached hydrogen (secondary N) is 1. The van der Waals surface area contributed by atoms with Crippen LogP contribution in [0.25, 0.3) is 0 Å². The van der Waals surface area contributed by atoms with E-state index in [4.69, 9.17) is 5.73 Å². The molecule has 2 nitrogen and oxygen atoms in total. The molecule has 82 valence electrons. The molecule has 1 aliphatic carbocycles. The van der Waals surface area contributed by atoms with Crippen LogP contribution in [0, 0.1) is 12.8 Å². The molecule has 2 heteroatoms. The highest BCUT2D eigenvalue weighted by Crippen LogP contribution is 2.41. The third-order valence-corrected chi connectivity index (χ3v) is 3.38. The molecule has 1 saturated carbocycles. The van der Waals surface area contributed by atoms with E-state index in [1.165, 1.54) is 12.8 Å². The second-order valence-corrected chi connectivity index (χ2v) is 5.16. The molecule has 15 heavy (non-hydrogen) atoms. The normalized spacial score (nSPS) is 16.5. The van der Waals surface area contributed by atoms with Crippen molar-refractivity contribution in [1.29, 1.82) is 0 Å². The second-order valence-electron chi connectivity index (χ2n) is 5.16. The molecular formula is C13H20N2. The van der Waals surface area contributed by atoms with E-state index in [9.17, 15) is 0 Å². The van der Waals surface area contributed by atoms with E-state index in [0.29, 0.717) is 0 Å². The van der Waals surface area contributed by atoms with E-state index in [-0.39, 0.29) is 5.54 Å². The lowest BCUT2D eigenvalue weighted by molar-refractivity contribution is 0.495. The quantitative estimate of drug-likeness (QED) is 0.742. The predicted octanol–water partition coefficient (Wildman–Crippen LogP) is 3.18. The monoisotopic (exact) mass is 204 g/mol. The first-order valence-corrected chi connectivity index (χ1v) is 5.64. The maximum Gasteiger partial charge on any atom is 0.0580 e. The summed E-state index contributed by atoms with van der Waals surface area (Å²) < 4.78 is 0. The average molecular weight is 204 g/mol. The molecule has 0 saturated heterocycles. The lowest BCUT2D eigenvalue weighted by Gasteiger charge is -2.28. The number of benzene rings is 1. The summed E-state index contributed by atoms with van der Waals surface area (Å²) in [6, 6.07) is 6.16. The maximum atomic E-state index is 6.05. The van der Waals surface area contributed by atoms with Crippen LogP contribution in [0.1, 0.15) is 32.3 Å². The minimum atomic E-state index is 0.169. The van der Waals surface area contributed by atoms with Gasteiger partial charge in [-0.3, -0.25) is 0 Å². The Hall–Kier alpha value is -1.18. The van der Waals surface area contributed by atoms with E-state index in [1.807, 2.05) is 13.0 Å². The summed E-state index contributed by atoms with van der Waals surface area (Å²) in [4.78, 5) is 0. The minimum absolute atomic E-state index is 0.169. The number of hydrogen-bond donors (Lipinski definition) is 2. The summed E-state index contributed by atoms with van der Waals surface area (Å²) in [5, 5.41) is 3.56. The van der Waals surface area contributed by atoms with Crippen LogP contribution < -0.4 is 11.1 Å². The molecule has 1 fully saturated rings. The molecule has 1 aromatic carbocycles. The zero-order valence-corrected chi connectivity index (χ0v) is 9.80. The van der Waals surface area contributed by atoms with Crippen LogP contribution in [-0.2, 0) is 0 Å². The van der Waals surface area contributed by atoms with Gasteiger partial charge in [0.2, 0.25) is 0 Å². The van der Waals surface area contributed by atoms with Crippen molar-refractivity contribution < 1.29 is 0 Å². The first kappa shape index (κ1) is 10.3. The zero-order valence-electron chi connectivity index (χ0n) is 9.80. The first-order valence-electron chi connectivity index (χ1n) is 5.64. The molecule has 1 aromatic rings. The largest absolute Gasteiger partial charge is 0.397 e. The van der Waals surface area contributed by atoms with Crippen molar-refractivity contribution in [3.63, 3.8) is 0 Å². The van der Waals surface area contributed by atoms with Crippen molar-refractivity contribution in [1.82, 2.24) is 0 Å². The smallest absolute Gasteiger partial charge is 0.0580 e. The van der Waals surface area contributed by atoms with Crippen LogP contribution in [0.5, 0.6) is 0 Å². The summed E-state index contributed by atoms with van der Waals surface area (Å²) in [5.74, 6) is 0.803. The Morgan fingerprint density at radius 1 is 1.33 bits per heavy atom. The molecule has 0 bridgehead atoms. The van der Waals surface area contributed by atoms with Gasteiger partial charge in [0.25, 0.3) is 0 Å². The molecule has 0 aromatic heterocycles. The van der Waals surface area contributed by atoms with Gasteiger partial charge in [0.15, 0.2) is 0 Å². The lowest BCUT2D eigenvalue weighted by atomic mass is 9.98. The fourth-order valence-electron chi connectivity index (χ4n) is 2.04. The van der Waals surface area contributed by atoms with Gasteiger partial charge in [-0.25, -0.2) is 0 Å². The van der Waals surface area contributed by atoms with Crippen molar-refractivity contribution in [2.75, 3.05) is 11.1 Å². The van der Waals surface area contributed by atoms with Gasteiger partial charge in [0.1, 0.15) is 0 Å². The van der Waals surface area contributed by atoms with E-state index in [1.54, 1.807) is 0 Å².